The summed E-state index contributed by atoms with van der Waals surface area (Å²) in [7, 11) is 0. The minimum absolute atomic E-state index is 0.244. The van der Waals surface area contributed by atoms with Crippen LogP contribution in [0.25, 0.3) is 0 Å². The van der Waals surface area contributed by atoms with Crippen LogP contribution in [0.5, 0.6) is 0 Å². The highest BCUT2D eigenvalue weighted by molar-refractivity contribution is 6.02. The van der Waals surface area contributed by atoms with Gasteiger partial charge in [-0.15, -0.1) is 0 Å². The average Bonchev–Trinajstić information content (AvgIpc) is 2.60. The first-order valence-corrected chi connectivity index (χ1v) is 5.71. The largest absolute Gasteiger partial charge is 0.393 e. The zero-order valence-corrected chi connectivity index (χ0v) is 9.55. The second-order valence-corrected chi connectivity index (χ2v) is 4.67. The molecule has 4 atom stereocenters. The van der Waals surface area contributed by atoms with Crippen molar-refractivity contribution < 1.29 is 19.4 Å². The van der Waals surface area contributed by atoms with Crippen molar-refractivity contribution in [1.82, 2.24) is 4.90 Å². The molecule has 1 N–H and O–H groups in total. The van der Waals surface area contributed by atoms with Crippen LogP contribution in [0.2, 0.25) is 0 Å². The number of ether oxygens (including phenoxy) is 1. The topological polar surface area (TPSA) is 66.8 Å². The molecule has 0 aromatic carbocycles. The third kappa shape index (κ3) is 1.85. The molecular formula is C11H17NO4. The lowest BCUT2D eigenvalue weighted by Crippen LogP contribution is -2.55. The van der Waals surface area contributed by atoms with Gasteiger partial charge < -0.3 is 9.84 Å². The standard InChI is InChI=1S/C11H17NO4/c1-6(5-7(2)13)12-10(14)8-3-4-9(16-8)11(12)15/h6-9,13H,3-5H2,1-2H3. The minimum atomic E-state index is -0.518. The van der Waals surface area contributed by atoms with Crippen molar-refractivity contribution in [2.45, 2.75) is 57.5 Å². The molecular weight excluding hydrogens is 210 g/mol. The number of likely N-dealkylation sites (tertiary alicyclic amines) is 1. The van der Waals surface area contributed by atoms with Crippen LogP contribution >= 0.6 is 0 Å². The molecule has 5 nitrogen and oxygen atoms in total. The summed E-state index contributed by atoms with van der Waals surface area (Å²) in [5.41, 5.74) is 0. The Morgan fingerprint density at radius 2 is 1.81 bits per heavy atom. The van der Waals surface area contributed by atoms with Gasteiger partial charge in [0.25, 0.3) is 11.8 Å². The van der Waals surface area contributed by atoms with Crippen molar-refractivity contribution >= 4 is 11.8 Å². The van der Waals surface area contributed by atoms with Crippen molar-refractivity contribution in [2.75, 3.05) is 0 Å². The van der Waals surface area contributed by atoms with E-state index in [1.54, 1.807) is 13.8 Å². The number of aliphatic hydroxyl groups excluding tert-OH is 1. The van der Waals surface area contributed by atoms with E-state index < -0.39 is 18.3 Å². The van der Waals surface area contributed by atoms with Crippen LogP contribution in [-0.2, 0) is 14.3 Å². The highest BCUT2D eigenvalue weighted by atomic mass is 16.5. The number of imide groups is 1. The molecule has 4 unspecified atom stereocenters. The van der Waals surface area contributed by atoms with Crippen molar-refractivity contribution in [2.24, 2.45) is 0 Å². The maximum absolute atomic E-state index is 11.9. The molecule has 2 bridgehead atoms. The summed E-state index contributed by atoms with van der Waals surface area (Å²) in [6.45, 7) is 3.44. The van der Waals surface area contributed by atoms with Gasteiger partial charge in [0.15, 0.2) is 0 Å². The van der Waals surface area contributed by atoms with Gasteiger partial charge in [-0.3, -0.25) is 14.5 Å². The Kier molecular flexibility index (Phi) is 2.99. The third-order valence-corrected chi connectivity index (χ3v) is 3.17. The van der Waals surface area contributed by atoms with Crippen LogP contribution < -0.4 is 0 Å². The predicted molar refractivity (Wildman–Crippen MR) is 55.5 cm³/mol. The van der Waals surface area contributed by atoms with Crippen LogP contribution in [-0.4, -0.2) is 46.2 Å². The molecule has 2 rings (SSSR count). The summed E-state index contributed by atoms with van der Waals surface area (Å²) in [5.74, 6) is -0.487. The number of amides is 2. The Hall–Kier alpha value is -0.940. The van der Waals surface area contributed by atoms with Crippen LogP contribution in [0.3, 0.4) is 0 Å². The van der Waals surface area contributed by atoms with Crippen LogP contribution in [0.4, 0.5) is 0 Å². The lowest BCUT2D eigenvalue weighted by Gasteiger charge is -2.34. The summed E-state index contributed by atoms with van der Waals surface area (Å²) in [5, 5.41) is 9.29. The fourth-order valence-corrected chi connectivity index (χ4v) is 2.45. The smallest absolute Gasteiger partial charge is 0.258 e. The van der Waals surface area contributed by atoms with Gasteiger partial charge in [-0.05, 0) is 33.1 Å². The van der Waals surface area contributed by atoms with Gasteiger partial charge >= 0.3 is 0 Å². The number of rotatable bonds is 3. The molecule has 0 aliphatic carbocycles. The van der Waals surface area contributed by atoms with E-state index in [1.165, 1.54) is 4.90 Å². The van der Waals surface area contributed by atoms with Crippen molar-refractivity contribution in [1.29, 1.82) is 0 Å². The molecule has 2 aliphatic heterocycles. The molecule has 2 heterocycles. The van der Waals surface area contributed by atoms with Gasteiger partial charge in [-0.2, -0.15) is 0 Å². The Labute approximate surface area is 94.4 Å². The van der Waals surface area contributed by atoms with E-state index in [9.17, 15) is 14.7 Å². The van der Waals surface area contributed by atoms with Gasteiger partial charge in [0.05, 0.1) is 6.10 Å². The lowest BCUT2D eigenvalue weighted by molar-refractivity contribution is -0.171. The van der Waals surface area contributed by atoms with E-state index in [0.29, 0.717) is 19.3 Å². The Bertz CT molecular complexity index is 293. The molecule has 2 aliphatic rings. The first-order chi connectivity index (χ1) is 7.50. The average molecular weight is 227 g/mol. The third-order valence-electron chi connectivity index (χ3n) is 3.17. The van der Waals surface area contributed by atoms with Crippen LogP contribution in [0, 0.1) is 0 Å². The van der Waals surface area contributed by atoms with Gasteiger partial charge in [0.2, 0.25) is 0 Å². The maximum Gasteiger partial charge on any atom is 0.258 e. The molecule has 0 saturated carbocycles. The highest BCUT2D eigenvalue weighted by Crippen LogP contribution is 2.30. The fourth-order valence-electron chi connectivity index (χ4n) is 2.45. The summed E-state index contributed by atoms with van der Waals surface area (Å²) in [6, 6.07) is -0.257. The Morgan fingerprint density at radius 3 is 2.25 bits per heavy atom. The van der Waals surface area contributed by atoms with E-state index in [0.717, 1.165) is 0 Å². The van der Waals surface area contributed by atoms with Gasteiger partial charge in [0, 0.05) is 6.04 Å². The number of hydrogen-bond acceptors (Lipinski definition) is 4. The maximum atomic E-state index is 11.9. The van der Waals surface area contributed by atoms with Gasteiger partial charge in [-0.1, -0.05) is 0 Å². The molecule has 16 heavy (non-hydrogen) atoms. The lowest BCUT2D eigenvalue weighted by atomic mass is 10.1. The molecule has 5 heteroatoms. The number of aliphatic hydroxyl groups is 1. The quantitative estimate of drug-likeness (QED) is 0.692. The van der Waals surface area contributed by atoms with E-state index >= 15 is 0 Å². The van der Waals surface area contributed by atoms with E-state index in [4.69, 9.17) is 4.74 Å². The zero-order valence-electron chi connectivity index (χ0n) is 9.55. The molecule has 2 amide bonds. The monoisotopic (exact) mass is 227 g/mol. The van der Waals surface area contributed by atoms with Crippen LogP contribution in [0.15, 0.2) is 0 Å². The molecule has 0 aromatic rings. The molecule has 0 spiro atoms. The second kappa shape index (κ2) is 4.14. The minimum Gasteiger partial charge on any atom is -0.393 e. The predicted octanol–water partition coefficient (Wildman–Crippen LogP) is 0.0622. The highest BCUT2D eigenvalue weighted by Gasteiger charge is 2.47. The van der Waals surface area contributed by atoms with E-state index in [2.05, 4.69) is 0 Å². The number of hydrogen-bond donors (Lipinski definition) is 1. The number of fused-ring (bicyclic) bond motifs is 2. The van der Waals surface area contributed by atoms with Crippen molar-refractivity contribution in [3.63, 3.8) is 0 Å². The second-order valence-electron chi connectivity index (χ2n) is 4.67. The van der Waals surface area contributed by atoms with Crippen molar-refractivity contribution in [3.05, 3.63) is 0 Å². The Morgan fingerprint density at radius 1 is 1.31 bits per heavy atom. The molecule has 2 saturated heterocycles. The summed E-state index contributed by atoms with van der Waals surface area (Å²) in [6.07, 6.45) is 0.270. The summed E-state index contributed by atoms with van der Waals surface area (Å²) >= 11 is 0. The summed E-state index contributed by atoms with van der Waals surface area (Å²) in [4.78, 5) is 25.1. The normalized spacial score (nSPS) is 33.1. The SMILES string of the molecule is CC(O)CC(C)N1C(=O)C2CCC(O2)C1=O. The molecule has 0 radical (unpaired) electrons. The number of carbonyl (C=O) groups excluding carboxylic acids is 2. The van der Waals surface area contributed by atoms with Crippen LogP contribution in [0.1, 0.15) is 33.1 Å². The summed E-state index contributed by atoms with van der Waals surface area (Å²) < 4.78 is 5.30. The zero-order chi connectivity index (χ0) is 11.9. The first-order valence-electron chi connectivity index (χ1n) is 5.71. The number of morpholine rings is 1. The number of nitrogens with zero attached hydrogens (tertiary/aromatic N) is 1. The molecule has 90 valence electrons. The van der Waals surface area contributed by atoms with Gasteiger partial charge in [0.1, 0.15) is 12.2 Å². The fraction of sp³-hybridized carbons (Fsp3) is 0.818. The first kappa shape index (κ1) is 11.5. The van der Waals surface area contributed by atoms with Gasteiger partial charge in [-0.25, -0.2) is 0 Å². The van der Waals surface area contributed by atoms with E-state index in [1.807, 2.05) is 0 Å². The molecule has 2 fully saturated rings. The van der Waals surface area contributed by atoms with E-state index in [-0.39, 0.29) is 17.9 Å². The Balaban J connectivity index is 2.13. The molecule has 0 aromatic heterocycles. The number of carbonyl (C=O) groups is 2. The van der Waals surface area contributed by atoms with Crippen molar-refractivity contribution in [3.8, 4) is 0 Å².